The molecule has 1 heterocycles. The minimum Gasteiger partial charge on any atom is -0.436 e. The zero-order valence-corrected chi connectivity index (χ0v) is 16.0. The Labute approximate surface area is 167 Å². The van der Waals surface area contributed by atoms with Crippen molar-refractivity contribution in [2.75, 3.05) is 6.54 Å². The number of hydrogen-bond acceptors (Lipinski definition) is 3. The Hall–Kier alpha value is -3.48. The van der Waals surface area contributed by atoms with E-state index in [1.54, 1.807) is 17.7 Å². The van der Waals surface area contributed by atoms with Gasteiger partial charge in [-0.2, -0.15) is 5.10 Å². The van der Waals surface area contributed by atoms with Crippen molar-refractivity contribution < 1.29 is 18.3 Å². The van der Waals surface area contributed by atoms with E-state index >= 15 is 0 Å². The van der Waals surface area contributed by atoms with Gasteiger partial charge in [-0.25, -0.2) is 13.5 Å². The Morgan fingerprint density at radius 3 is 2.69 bits per heavy atom. The van der Waals surface area contributed by atoms with Crippen molar-refractivity contribution in [3.05, 3.63) is 84.1 Å². The number of aromatic nitrogens is 2. The maximum atomic E-state index is 14.2. The second-order valence-corrected chi connectivity index (χ2v) is 6.39. The maximum absolute atomic E-state index is 14.2. The number of hydrogen-bond donors (Lipinski definition) is 1. The highest BCUT2D eigenvalue weighted by atomic mass is 19.1. The summed E-state index contributed by atoms with van der Waals surface area (Å²) in [7, 11) is 0. The Morgan fingerprint density at radius 1 is 1.24 bits per heavy atom. The molecule has 2 aromatic carbocycles. The molecular weight excluding hydrogens is 376 g/mol. The predicted octanol–water partition coefficient (Wildman–Crippen LogP) is 4.49. The SMILES string of the molecule is C=CCNC(=O)CCc1c(C)nn(-c2ccccc2)c1Oc1ccc(F)cc1F. The first-order valence-electron chi connectivity index (χ1n) is 9.14. The third kappa shape index (κ3) is 4.87. The van der Waals surface area contributed by atoms with E-state index in [-0.39, 0.29) is 24.0 Å². The molecule has 0 aliphatic rings. The molecule has 29 heavy (non-hydrogen) atoms. The minimum atomic E-state index is -0.821. The monoisotopic (exact) mass is 397 g/mol. The summed E-state index contributed by atoms with van der Waals surface area (Å²) in [6, 6.07) is 12.3. The zero-order chi connectivity index (χ0) is 20.8. The van der Waals surface area contributed by atoms with Gasteiger partial charge in [-0.05, 0) is 37.6 Å². The Kier molecular flexibility index (Phi) is 6.39. The molecule has 1 amide bonds. The fourth-order valence-corrected chi connectivity index (χ4v) is 2.85. The maximum Gasteiger partial charge on any atom is 0.226 e. The molecule has 0 spiro atoms. The Bertz CT molecular complexity index is 1020. The van der Waals surface area contributed by atoms with Gasteiger partial charge in [0.15, 0.2) is 11.6 Å². The number of nitrogens with zero attached hydrogens (tertiary/aromatic N) is 2. The van der Waals surface area contributed by atoms with Gasteiger partial charge in [0, 0.05) is 24.6 Å². The third-order valence-electron chi connectivity index (χ3n) is 4.28. The van der Waals surface area contributed by atoms with Gasteiger partial charge in [0.05, 0.1) is 11.4 Å². The van der Waals surface area contributed by atoms with Crippen molar-refractivity contribution >= 4 is 5.91 Å². The highest BCUT2D eigenvalue weighted by Gasteiger charge is 2.21. The molecule has 0 saturated heterocycles. The first-order chi connectivity index (χ1) is 14.0. The Morgan fingerprint density at radius 2 is 2.00 bits per heavy atom. The van der Waals surface area contributed by atoms with E-state index in [1.807, 2.05) is 30.3 Å². The van der Waals surface area contributed by atoms with Gasteiger partial charge in [-0.3, -0.25) is 4.79 Å². The van der Waals surface area contributed by atoms with Crippen LogP contribution in [0.2, 0.25) is 0 Å². The summed E-state index contributed by atoms with van der Waals surface area (Å²) in [6.45, 7) is 5.74. The molecule has 7 heteroatoms. The number of amides is 1. The van der Waals surface area contributed by atoms with E-state index in [4.69, 9.17) is 4.74 Å². The normalized spacial score (nSPS) is 10.6. The van der Waals surface area contributed by atoms with Gasteiger partial charge in [0.2, 0.25) is 11.8 Å². The van der Waals surface area contributed by atoms with Crippen LogP contribution in [0.5, 0.6) is 11.6 Å². The lowest BCUT2D eigenvalue weighted by Crippen LogP contribution is -2.23. The fourth-order valence-electron chi connectivity index (χ4n) is 2.85. The molecule has 3 aromatic rings. The van der Waals surface area contributed by atoms with Crippen LogP contribution in [0.4, 0.5) is 8.78 Å². The van der Waals surface area contributed by atoms with Crippen LogP contribution in [0.3, 0.4) is 0 Å². The lowest BCUT2D eigenvalue weighted by Gasteiger charge is -2.12. The van der Waals surface area contributed by atoms with Crippen LogP contribution in [0.15, 0.2) is 61.2 Å². The highest BCUT2D eigenvalue weighted by Crippen LogP contribution is 2.32. The average molecular weight is 397 g/mol. The highest BCUT2D eigenvalue weighted by molar-refractivity contribution is 5.76. The van der Waals surface area contributed by atoms with Crippen LogP contribution < -0.4 is 10.1 Å². The molecule has 1 N–H and O–H groups in total. The summed E-state index contributed by atoms with van der Waals surface area (Å²) in [5.74, 6) is -1.49. The number of ether oxygens (including phenoxy) is 1. The van der Waals surface area contributed by atoms with Crippen molar-refractivity contribution in [2.45, 2.75) is 19.8 Å². The molecule has 0 saturated carbocycles. The standard InChI is InChI=1S/C22H21F2N3O2/c1-3-13-25-21(28)12-10-18-15(2)26-27(17-7-5-4-6-8-17)22(18)29-20-11-9-16(23)14-19(20)24/h3-9,11,14H,1,10,12-13H2,2H3,(H,25,28). The van der Waals surface area contributed by atoms with Crippen molar-refractivity contribution in [3.63, 3.8) is 0 Å². The lowest BCUT2D eigenvalue weighted by atomic mass is 10.1. The van der Waals surface area contributed by atoms with Gasteiger partial charge < -0.3 is 10.1 Å². The summed E-state index contributed by atoms with van der Waals surface area (Å²) >= 11 is 0. The van der Waals surface area contributed by atoms with E-state index in [0.717, 1.165) is 17.8 Å². The number of nitrogens with one attached hydrogen (secondary N) is 1. The van der Waals surface area contributed by atoms with Gasteiger partial charge in [-0.1, -0.05) is 24.3 Å². The van der Waals surface area contributed by atoms with Gasteiger partial charge in [-0.15, -0.1) is 6.58 Å². The zero-order valence-electron chi connectivity index (χ0n) is 16.0. The van der Waals surface area contributed by atoms with Crippen LogP contribution in [0, 0.1) is 18.6 Å². The third-order valence-corrected chi connectivity index (χ3v) is 4.28. The van der Waals surface area contributed by atoms with Crippen LogP contribution in [0.25, 0.3) is 5.69 Å². The molecule has 0 bridgehead atoms. The van der Waals surface area contributed by atoms with Crippen LogP contribution in [-0.2, 0) is 11.2 Å². The average Bonchev–Trinajstić information content (AvgIpc) is 3.02. The second kappa shape index (κ2) is 9.14. The fraction of sp³-hybridized carbons (Fsp3) is 0.182. The topological polar surface area (TPSA) is 56.2 Å². The van der Waals surface area contributed by atoms with E-state index in [0.29, 0.717) is 24.2 Å². The molecule has 0 aliphatic heterocycles. The molecule has 0 radical (unpaired) electrons. The summed E-state index contributed by atoms with van der Waals surface area (Å²) < 4.78 is 34.8. The minimum absolute atomic E-state index is 0.124. The molecular formula is C22H21F2N3O2. The van der Waals surface area contributed by atoms with Crippen LogP contribution in [-0.4, -0.2) is 22.2 Å². The number of rotatable bonds is 8. The van der Waals surface area contributed by atoms with Crippen molar-refractivity contribution in [3.8, 4) is 17.3 Å². The second-order valence-electron chi connectivity index (χ2n) is 6.39. The number of halogens is 2. The number of aryl methyl sites for hydroxylation is 1. The van der Waals surface area contributed by atoms with Gasteiger partial charge in [0.25, 0.3) is 0 Å². The lowest BCUT2D eigenvalue weighted by molar-refractivity contribution is -0.120. The molecule has 1 aromatic heterocycles. The largest absolute Gasteiger partial charge is 0.436 e. The number of carbonyl (C=O) groups excluding carboxylic acids is 1. The first kappa shape index (κ1) is 20.3. The molecule has 0 aliphatic carbocycles. The summed E-state index contributed by atoms with van der Waals surface area (Å²) in [4.78, 5) is 12.0. The molecule has 150 valence electrons. The molecule has 0 fully saturated rings. The van der Waals surface area contributed by atoms with Crippen LogP contribution >= 0.6 is 0 Å². The molecule has 0 atom stereocenters. The number of benzene rings is 2. The molecule has 3 rings (SSSR count). The quantitative estimate of drug-likeness (QED) is 0.570. The summed E-state index contributed by atoms with van der Waals surface area (Å²) in [5.41, 5.74) is 2.05. The van der Waals surface area contributed by atoms with Gasteiger partial charge >= 0.3 is 0 Å². The molecule has 5 nitrogen and oxygen atoms in total. The van der Waals surface area contributed by atoms with Crippen LogP contribution in [0.1, 0.15) is 17.7 Å². The first-order valence-corrected chi connectivity index (χ1v) is 9.14. The number of carbonyl (C=O) groups is 1. The van der Waals surface area contributed by atoms with Gasteiger partial charge in [0.1, 0.15) is 5.82 Å². The van der Waals surface area contributed by atoms with E-state index in [1.165, 1.54) is 6.07 Å². The Balaban J connectivity index is 1.97. The van der Waals surface area contributed by atoms with Crippen molar-refractivity contribution in [1.29, 1.82) is 0 Å². The van der Waals surface area contributed by atoms with E-state index in [9.17, 15) is 13.6 Å². The smallest absolute Gasteiger partial charge is 0.226 e. The molecule has 0 unspecified atom stereocenters. The van der Waals surface area contributed by atoms with E-state index < -0.39 is 11.6 Å². The summed E-state index contributed by atoms with van der Waals surface area (Å²) in [5, 5.41) is 7.23. The predicted molar refractivity (Wildman–Crippen MR) is 106 cm³/mol. The number of para-hydroxylation sites is 1. The summed E-state index contributed by atoms with van der Waals surface area (Å²) in [6.07, 6.45) is 2.15. The van der Waals surface area contributed by atoms with Crippen molar-refractivity contribution in [2.24, 2.45) is 0 Å². The van der Waals surface area contributed by atoms with E-state index in [2.05, 4.69) is 17.0 Å². The van der Waals surface area contributed by atoms with Crippen molar-refractivity contribution in [1.82, 2.24) is 15.1 Å².